The first-order valence-corrected chi connectivity index (χ1v) is 7.73. The monoisotopic (exact) mass is 291 g/mol. The molecule has 0 bridgehead atoms. The number of hydrogen-bond donors (Lipinski definition) is 2. The van der Waals surface area contributed by atoms with Gasteiger partial charge in [-0.1, -0.05) is 19.9 Å². The number of aryl methyl sites for hydroxylation is 1. The molecule has 3 N–H and O–H groups in total. The second kappa shape index (κ2) is 8.67. The number of carbonyl (C=O) groups excluding carboxylic acids is 1. The molecule has 0 saturated heterocycles. The van der Waals surface area contributed by atoms with E-state index in [1.807, 2.05) is 25.1 Å². The van der Waals surface area contributed by atoms with E-state index in [-0.39, 0.29) is 5.91 Å². The van der Waals surface area contributed by atoms with Crippen molar-refractivity contribution in [3.63, 3.8) is 0 Å². The van der Waals surface area contributed by atoms with E-state index < -0.39 is 0 Å². The Bertz CT molecular complexity index is 457. The molecule has 0 heterocycles. The van der Waals surface area contributed by atoms with E-state index in [1.54, 1.807) is 0 Å². The average molecular weight is 291 g/mol. The Kier molecular flexibility index (Phi) is 7.23. The highest BCUT2D eigenvalue weighted by molar-refractivity contribution is 5.91. The van der Waals surface area contributed by atoms with Crippen LogP contribution in [0.3, 0.4) is 0 Å². The molecule has 21 heavy (non-hydrogen) atoms. The second-order valence-electron chi connectivity index (χ2n) is 6.21. The predicted molar refractivity (Wildman–Crippen MR) is 90.4 cm³/mol. The number of nitrogen functional groups attached to an aromatic ring is 1. The van der Waals surface area contributed by atoms with Crippen molar-refractivity contribution in [3.8, 4) is 0 Å². The van der Waals surface area contributed by atoms with Gasteiger partial charge in [0.1, 0.15) is 0 Å². The molecule has 0 saturated carbocycles. The van der Waals surface area contributed by atoms with Gasteiger partial charge in [0.2, 0.25) is 5.91 Å². The number of nitrogens with zero attached hydrogens (tertiary/aromatic N) is 1. The summed E-state index contributed by atoms with van der Waals surface area (Å²) in [6, 6.07) is 5.57. The molecule has 0 unspecified atom stereocenters. The summed E-state index contributed by atoms with van der Waals surface area (Å²) in [5.41, 5.74) is 8.26. The number of benzene rings is 1. The van der Waals surface area contributed by atoms with Crippen molar-refractivity contribution in [2.75, 3.05) is 31.2 Å². The fourth-order valence-electron chi connectivity index (χ4n) is 2.09. The van der Waals surface area contributed by atoms with Gasteiger partial charge in [-0.3, -0.25) is 4.79 Å². The lowest BCUT2D eigenvalue weighted by atomic mass is 10.1. The highest BCUT2D eigenvalue weighted by atomic mass is 16.1. The van der Waals surface area contributed by atoms with Crippen LogP contribution in [0.2, 0.25) is 0 Å². The van der Waals surface area contributed by atoms with Crippen LogP contribution in [0.25, 0.3) is 0 Å². The van der Waals surface area contributed by atoms with Crippen LogP contribution >= 0.6 is 0 Å². The summed E-state index contributed by atoms with van der Waals surface area (Å²) in [4.78, 5) is 14.2. The molecule has 0 aliphatic carbocycles. The molecule has 4 heteroatoms. The summed E-state index contributed by atoms with van der Waals surface area (Å²) in [7, 11) is 2.11. The first kappa shape index (κ1) is 17.5. The molecular weight excluding hydrogens is 262 g/mol. The van der Waals surface area contributed by atoms with Crippen LogP contribution in [0.15, 0.2) is 18.2 Å². The van der Waals surface area contributed by atoms with Gasteiger partial charge in [-0.05, 0) is 63.5 Å². The molecule has 1 aromatic rings. The molecular formula is C17H29N3O. The molecule has 1 rings (SSSR count). The fourth-order valence-corrected chi connectivity index (χ4v) is 2.09. The van der Waals surface area contributed by atoms with E-state index in [0.717, 1.165) is 36.7 Å². The minimum absolute atomic E-state index is 0.0564. The third kappa shape index (κ3) is 7.14. The van der Waals surface area contributed by atoms with Crippen molar-refractivity contribution in [2.24, 2.45) is 5.92 Å². The molecule has 0 aliphatic rings. The van der Waals surface area contributed by atoms with Gasteiger partial charge in [-0.25, -0.2) is 0 Å². The van der Waals surface area contributed by atoms with E-state index in [9.17, 15) is 4.79 Å². The quantitative estimate of drug-likeness (QED) is 0.723. The molecule has 1 aromatic carbocycles. The first-order valence-electron chi connectivity index (χ1n) is 7.73. The van der Waals surface area contributed by atoms with Crippen molar-refractivity contribution < 1.29 is 4.79 Å². The summed E-state index contributed by atoms with van der Waals surface area (Å²) in [6.07, 6.45) is 2.62. The number of rotatable bonds is 8. The SMILES string of the molecule is Cc1ccc(N)cc1NC(=O)CCCN(C)CCC(C)C. The van der Waals surface area contributed by atoms with E-state index in [4.69, 9.17) is 5.73 Å². The molecule has 0 spiro atoms. The number of nitrogens with one attached hydrogen (secondary N) is 1. The van der Waals surface area contributed by atoms with Crippen molar-refractivity contribution >= 4 is 17.3 Å². The lowest BCUT2D eigenvalue weighted by molar-refractivity contribution is -0.116. The van der Waals surface area contributed by atoms with Crippen molar-refractivity contribution in [1.29, 1.82) is 0 Å². The fraction of sp³-hybridized carbons (Fsp3) is 0.588. The number of anilines is 2. The minimum Gasteiger partial charge on any atom is -0.399 e. The third-order valence-electron chi connectivity index (χ3n) is 3.57. The third-order valence-corrected chi connectivity index (χ3v) is 3.57. The van der Waals surface area contributed by atoms with Crippen LogP contribution in [0.4, 0.5) is 11.4 Å². The molecule has 0 aromatic heterocycles. The van der Waals surface area contributed by atoms with Crippen LogP contribution in [0, 0.1) is 12.8 Å². The number of carbonyl (C=O) groups is 1. The van der Waals surface area contributed by atoms with Gasteiger partial charge in [0.05, 0.1) is 0 Å². The Morgan fingerprint density at radius 3 is 2.71 bits per heavy atom. The summed E-state index contributed by atoms with van der Waals surface area (Å²) < 4.78 is 0. The Hall–Kier alpha value is -1.55. The van der Waals surface area contributed by atoms with Crippen LogP contribution < -0.4 is 11.1 Å². The van der Waals surface area contributed by atoms with Crippen molar-refractivity contribution in [1.82, 2.24) is 4.90 Å². The first-order chi connectivity index (χ1) is 9.88. The van der Waals surface area contributed by atoms with E-state index in [0.29, 0.717) is 12.1 Å². The summed E-state index contributed by atoms with van der Waals surface area (Å²) >= 11 is 0. The summed E-state index contributed by atoms with van der Waals surface area (Å²) in [5, 5.41) is 2.94. The highest BCUT2D eigenvalue weighted by Gasteiger charge is 2.06. The van der Waals surface area contributed by atoms with Gasteiger partial charge >= 0.3 is 0 Å². The maximum Gasteiger partial charge on any atom is 0.224 e. The molecule has 0 aliphatic heterocycles. The number of nitrogens with two attached hydrogens (primary N) is 1. The summed E-state index contributed by atoms with van der Waals surface area (Å²) in [5.74, 6) is 0.781. The van der Waals surface area contributed by atoms with Gasteiger partial charge < -0.3 is 16.0 Å². The van der Waals surface area contributed by atoms with Gasteiger partial charge in [0, 0.05) is 17.8 Å². The van der Waals surface area contributed by atoms with Gasteiger partial charge in [0.25, 0.3) is 0 Å². The van der Waals surface area contributed by atoms with Crippen molar-refractivity contribution in [3.05, 3.63) is 23.8 Å². The van der Waals surface area contributed by atoms with E-state index in [2.05, 4.69) is 31.1 Å². The Morgan fingerprint density at radius 2 is 2.05 bits per heavy atom. The molecule has 1 amide bonds. The van der Waals surface area contributed by atoms with E-state index in [1.165, 1.54) is 6.42 Å². The van der Waals surface area contributed by atoms with Crippen LogP contribution in [0.1, 0.15) is 38.7 Å². The Balaban J connectivity index is 2.29. The van der Waals surface area contributed by atoms with E-state index >= 15 is 0 Å². The highest BCUT2D eigenvalue weighted by Crippen LogP contribution is 2.18. The molecule has 0 radical (unpaired) electrons. The zero-order chi connectivity index (χ0) is 15.8. The van der Waals surface area contributed by atoms with Crippen LogP contribution in [-0.2, 0) is 4.79 Å². The molecule has 0 fully saturated rings. The maximum absolute atomic E-state index is 12.0. The number of amides is 1. The Morgan fingerprint density at radius 1 is 1.33 bits per heavy atom. The maximum atomic E-state index is 12.0. The zero-order valence-corrected chi connectivity index (χ0v) is 13.8. The number of hydrogen-bond acceptors (Lipinski definition) is 3. The lowest BCUT2D eigenvalue weighted by Gasteiger charge is -2.17. The second-order valence-corrected chi connectivity index (χ2v) is 6.21. The van der Waals surface area contributed by atoms with Gasteiger partial charge in [-0.2, -0.15) is 0 Å². The average Bonchev–Trinajstić information content (AvgIpc) is 2.40. The molecule has 118 valence electrons. The minimum atomic E-state index is 0.0564. The zero-order valence-electron chi connectivity index (χ0n) is 13.8. The predicted octanol–water partition coefficient (Wildman–Crippen LogP) is 3.27. The smallest absolute Gasteiger partial charge is 0.224 e. The lowest BCUT2D eigenvalue weighted by Crippen LogP contribution is -2.23. The summed E-state index contributed by atoms with van der Waals surface area (Å²) in [6.45, 7) is 8.47. The Labute approximate surface area is 128 Å². The topological polar surface area (TPSA) is 58.4 Å². The standard InChI is InChI=1S/C17H29N3O/c1-13(2)9-11-20(4)10-5-6-17(21)19-16-12-15(18)8-7-14(16)3/h7-8,12-13H,5-6,9-11,18H2,1-4H3,(H,19,21). The van der Waals surface area contributed by atoms with Gasteiger partial charge in [0.15, 0.2) is 0 Å². The van der Waals surface area contributed by atoms with Crippen LogP contribution in [-0.4, -0.2) is 30.9 Å². The van der Waals surface area contributed by atoms with Crippen molar-refractivity contribution in [2.45, 2.75) is 40.0 Å². The van der Waals surface area contributed by atoms with Crippen LogP contribution in [0.5, 0.6) is 0 Å². The van der Waals surface area contributed by atoms with Gasteiger partial charge in [-0.15, -0.1) is 0 Å². The largest absolute Gasteiger partial charge is 0.399 e. The molecule has 0 atom stereocenters. The normalized spacial score (nSPS) is 11.1. The molecule has 4 nitrogen and oxygen atoms in total.